The Labute approximate surface area is 180 Å². The smallest absolute Gasteiger partial charge is 0.333 e. The number of carbonyl (C=O) groups excluding carboxylic acids is 1. The molecule has 0 aromatic rings. The summed E-state index contributed by atoms with van der Waals surface area (Å²) in [6.45, 7) is 11.0. The third-order valence-electron chi connectivity index (χ3n) is 7.32. The largest absolute Gasteiger partial charge is 0.429 e. The van der Waals surface area contributed by atoms with Crippen LogP contribution in [0, 0.1) is 11.3 Å². The van der Waals surface area contributed by atoms with Gasteiger partial charge in [-0.3, -0.25) is 0 Å². The first kappa shape index (κ1) is 23.0. The molecule has 0 aromatic heterocycles. The molecule has 1 aliphatic carbocycles. The van der Waals surface area contributed by atoms with E-state index in [-0.39, 0.29) is 0 Å². The number of carbonyl (C=O) groups is 1. The van der Waals surface area contributed by atoms with Gasteiger partial charge in [0.15, 0.2) is 6.29 Å². The van der Waals surface area contributed by atoms with E-state index in [1.54, 1.807) is 0 Å². The number of ether oxygens (including phenoxy) is 2. The van der Waals surface area contributed by atoms with Gasteiger partial charge in [0.2, 0.25) is 6.29 Å². The van der Waals surface area contributed by atoms with Crippen LogP contribution in [-0.4, -0.2) is 34.9 Å². The zero-order chi connectivity index (χ0) is 21.9. The molecule has 5 heteroatoms. The van der Waals surface area contributed by atoms with Crippen molar-refractivity contribution in [3.8, 4) is 0 Å². The number of hydrogen-bond acceptors (Lipinski definition) is 5. The molecule has 3 aliphatic rings. The van der Waals surface area contributed by atoms with E-state index in [2.05, 4.69) is 33.4 Å². The van der Waals surface area contributed by atoms with Crippen molar-refractivity contribution >= 4 is 5.97 Å². The van der Waals surface area contributed by atoms with Crippen LogP contribution in [0.15, 0.2) is 47.1 Å². The lowest BCUT2D eigenvalue weighted by Gasteiger charge is -2.35. The Morgan fingerprint density at radius 2 is 2.10 bits per heavy atom. The van der Waals surface area contributed by atoms with Crippen LogP contribution in [0.3, 0.4) is 0 Å². The highest BCUT2D eigenvalue weighted by molar-refractivity contribution is 5.85. The first-order chi connectivity index (χ1) is 14.2. The lowest BCUT2D eigenvalue weighted by Crippen LogP contribution is -2.32. The molecule has 0 bridgehead atoms. The van der Waals surface area contributed by atoms with Gasteiger partial charge < -0.3 is 19.7 Å². The van der Waals surface area contributed by atoms with E-state index in [0.29, 0.717) is 23.3 Å². The molecule has 2 aliphatic heterocycles. The van der Waals surface area contributed by atoms with E-state index in [9.17, 15) is 15.0 Å². The van der Waals surface area contributed by atoms with Crippen LogP contribution in [0.25, 0.3) is 0 Å². The lowest BCUT2D eigenvalue weighted by molar-refractivity contribution is -0.155. The minimum Gasteiger partial charge on any atom is -0.429 e. The highest BCUT2D eigenvalue weighted by Gasteiger charge is 2.40. The van der Waals surface area contributed by atoms with Gasteiger partial charge in [-0.1, -0.05) is 43.2 Å². The van der Waals surface area contributed by atoms with Crippen LogP contribution in [0.4, 0.5) is 0 Å². The molecule has 2 N–H and O–H groups in total. The summed E-state index contributed by atoms with van der Waals surface area (Å²) < 4.78 is 10.3. The highest BCUT2D eigenvalue weighted by atomic mass is 16.6. The topological polar surface area (TPSA) is 76.0 Å². The third-order valence-corrected chi connectivity index (χ3v) is 7.32. The monoisotopic (exact) mass is 416 g/mol. The van der Waals surface area contributed by atoms with Crippen LogP contribution < -0.4 is 0 Å². The van der Waals surface area contributed by atoms with Gasteiger partial charge in [0.25, 0.3) is 0 Å². The summed E-state index contributed by atoms with van der Waals surface area (Å²) in [5, 5.41) is 20.1. The van der Waals surface area contributed by atoms with Gasteiger partial charge in [-0.25, -0.2) is 4.79 Å². The zero-order valence-corrected chi connectivity index (χ0v) is 18.5. The second kappa shape index (κ2) is 9.63. The summed E-state index contributed by atoms with van der Waals surface area (Å²) in [5.74, 6) is 0.135. The van der Waals surface area contributed by atoms with Gasteiger partial charge in [-0.15, -0.1) is 0 Å². The van der Waals surface area contributed by atoms with Crippen molar-refractivity contribution in [2.75, 3.05) is 0 Å². The Bertz CT molecular complexity index is 762. The average molecular weight is 417 g/mol. The summed E-state index contributed by atoms with van der Waals surface area (Å²) in [5.41, 5.74) is 4.23. The van der Waals surface area contributed by atoms with Crippen molar-refractivity contribution in [2.45, 2.75) is 90.8 Å². The van der Waals surface area contributed by atoms with E-state index >= 15 is 0 Å². The van der Waals surface area contributed by atoms with E-state index in [1.165, 1.54) is 42.9 Å². The van der Waals surface area contributed by atoms with Gasteiger partial charge in [0, 0.05) is 11.6 Å². The summed E-state index contributed by atoms with van der Waals surface area (Å²) in [4.78, 5) is 11.3. The van der Waals surface area contributed by atoms with Crippen molar-refractivity contribution in [1.82, 2.24) is 0 Å². The molecule has 0 amide bonds. The average Bonchev–Trinajstić information content (AvgIpc) is 3.23. The van der Waals surface area contributed by atoms with E-state index in [1.807, 2.05) is 6.08 Å². The number of esters is 1. The molecule has 5 nitrogen and oxygen atoms in total. The molecule has 1 fully saturated rings. The minimum absolute atomic E-state index is 0.296. The second-order valence-electron chi connectivity index (χ2n) is 9.24. The lowest BCUT2D eigenvalue weighted by atomic mass is 9.70. The fourth-order valence-electron chi connectivity index (χ4n) is 5.24. The number of cyclic esters (lactones) is 1. The van der Waals surface area contributed by atoms with Crippen molar-refractivity contribution in [1.29, 1.82) is 0 Å². The number of rotatable bonds is 8. The fraction of sp³-hybridized carbons (Fsp3) is 0.640. The predicted molar refractivity (Wildman–Crippen MR) is 116 cm³/mol. The van der Waals surface area contributed by atoms with Crippen LogP contribution in [-0.2, 0) is 14.3 Å². The quantitative estimate of drug-likeness (QED) is 0.443. The van der Waals surface area contributed by atoms with Crippen LogP contribution in [0.5, 0.6) is 0 Å². The molecule has 0 radical (unpaired) electrons. The van der Waals surface area contributed by atoms with Crippen LogP contribution >= 0.6 is 0 Å². The Kier molecular flexibility index (Phi) is 7.38. The summed E-state index contributed by atoms with van der Waals surface area (Å²) in [7, 11) is 0. The van der Waals surface area contributed by atoms with E-state index < -0.39 is 24.7 Å². The van der Waals surface area contributed by atoms with Gasteiger partial charge in [-0.05, 0) is 75.7 Å². The van der Waals surface area contributed by atoms with Crippen LogP contribution in [0.2, 0.25) is 0 Å². The Hall–Kier alpha value is -1.69. The number of allylic oxidation sites excluding steroid dienone is 3. The summed E-state index contributed by atoms with van der Waals surface area (Å²) >= 11 is 0. The Balaban J connectivity index is 1.49. The Morgan fingerprint density at radius 3 is 2.67 bits per heavy atom. The zero-order valence-electron chi connectivity index (χ0n) is 18.5. The minimum atomic E-state index is -1.28. The molecule has 166 valence electrons. The first-order valence-electron chi connectivity index (χ1n) is 11.2. The summed E-state index contributed by atoms with van der Waals surface area (Å²) in [6, 6.07) is 0. The highest BCUT2D eigenvalue weighted by Crippen LogP contribution is 2.51. The molecular formula is C25H36O5. The molecule has 0 spiro atoms. The third kappa shape index (κ3) is 4.96. The maximum atomic E-state index is 11.3. The fourth-order valence-corrected chi connectivity index (χ4v) is 5.24. The molecule has 0 unspecified atom stereocenters. The van der Waals surface area contributed by atoms with Gasteiger partial charge in [0.1, 0.15) is 0 Å². The van der Waals surface area contributed by atoms with E-state index in [4.69, 9.17) is 9.47 Å². The van der Waals surface area contributed by atoms with E-state index in [0.717, 1.165) is 24.8 Å². The molecule has 5 atom stereocenters. The van der Waals surface area contributed by atoms with Crippen molar-refractivity contribution in [3.63, 3.8) is 0 Å². The second-order valence-corrected chi connectivity index (χ2v) is 9.24. The SMILES string of the molecule is C=C(C)[C@]1(CCC(C)=CCCC2=CC[C@H](C3=CC(=O)O[C@@H]3O)O[C@@H]2O)CCC[C@H]1C. The Morgan fingerprint density at radius 1 is 1.33 bits per heavy atom. The summed E-state index contributed by atoms with van der Waals surface area (Å²) in [6.07, 6.45) is 10.8. The van der Waals surface area contributed by atoms with Crippen LogP contribution in [0.1, 0.15) is 72.1 Å². The van der Waals surface area contributed by atoms with Gasteiger partial charge in [0.05, 0.1) is 6.10 Å². The normalized spacial score (nSPS) is 34.6. The molecule has 1 saturated carbocycles. The molecule has 2 heterocycles. The van der Waals surface area contributed by atoms with Crippen molar-refractivity contribution in [3.05, 3.63) is 47.1 Å². The maximum absolute atomic E-state index is 11.3. The molecule has 30 heavy (non-hydrogen) atoms. The number of hydrogen-bond donors (Lipinski definition) is 2. The predicted octanol–water partition coefficient (Wildman–Crippen LogP) is 4.71. The van der Waals surface area contributed by atoms with Crippen molar-refractivity contribution in [2.24, 2.45) is 11.3 Å². The molecular weight excluding hydrogens is 380 g/mol. The maximum Gasteiger partial charge on any atom is 0.333 e. The van der Waals surface area contributed by atoms with Gasteiger partial charge >= 0.3 is 5.97 Å². The molecule has 3 rings (SSSR count). The van der Waals surface area contributed by atoms with Gasteiger partial charge in [-0.2, -0.15) is 0 Å². The standard InChI is InChI=1S/C25H36O5/c1-16(2)25(13-6-8-18(25)4)14-12-17(3)7-5-9-19-10-11-21(29-23(19)27)20-15-22(26)30-24(20)28/h7,10,15,18,21,23-24,27-28H,1,5-6,8-9,11-14H2,2-4H3/t18-,21-,23+,24+,25-/m1/s1. The molecule has 0 aromatic carbocycles. The number of aliphatic hydroxyl groups is 2. The first-order valence-corrected chi connectivity index (χ1v) is 11.2. The van der Waals surface area contributed by atoms with Crippen molar-refractivity contribution < 1.29 is 24.5 Å². The molecule has 0 saturated heterocycles. The number of aliphatic hydroxyl groups excluding tert-OH is 2.